The molecule has 43 heavy (non-hydrogen) atoms. The highest BCUT2D eigenvalue weighted by molar-refractivity contribution is 6.31. The Morgan fingerprint density at radius 3 is 1.81 bits per heavy atom. The molecule has 0 N–H and O–H groups in total. The van der Waals surface area contributed by atoms with Gasteiger partial charge in [-0.1, -0.05) is 109 Å². The van der Waals surface area contributed by atoms with Crippen molar-refractivity contribution in [2.45, 2.75) is 0 Å². The molecule has 1 aromatic heterocycles. The lowest BCUT2D eigenvalue weighted by molar-refractivity contribution is 1.18. The van der Waals surface area contributed by atoms with E-state index in [1.165, 1.54) is 32.6 Å². The summed E-state index contributed by atoms with van der Waals surface area (Å²) in [5, 5.41) is 5.71. The molecule has 0 unspecified atom stereocenters. The quantitative estimate of drug-likeness (QED) is 0.200. The van der Waals surface area contributed by atoms with Crippen molar-refractivity contribution in [2.75, 3.05) is 4.90 Å². The summed E-state index contributed by atoms with van der Waals surface area (Å²) in [5.74, 6) is 0. The molecule has 1 heterocycles. The third-order valence-corrected chi connectivity index (χ3v) is 8.39. The van der Waals surface area contributed by atoms with Gasteiger partial charge in [0, 0.05) is 38.5 Å². The van der Waals surface area contributed by atoms with Crippen LogP contribution in [0.1, 0.15) is 0 Å². The Hall–Kier alpha value is -5.31. The van der Waals surface area contributed by atoms with Crippen molar-refractivity contribution in [3.05, 3.63) is 169 Å². The van der Waals surface area contributed by atoms with E-state index >= 15 is 0 Å². The molecule has 0 spiro atoms. The number of nitrogens with zero attached hydrogens (tertiary/aromatic N) is 2. The van der Waals surface area contributed by atoms with Crippen LogP contribution in [0.3, 0.4) is 0 Å². The second-order valence-corrected chi connectivity index (χ2v) is 11.2. The van der Waals surface area contributed by atoms with Gasteiger partial charge in [-0.3, -0.25) is 0 Å². The smallest absolute Gasteiger partial charge is 0.0547 e. The lowest BCUT2D eigenvalue weighted by atomic mass is 10.0. The normalized spacial score (nSPS) is 11.4. The van der Waals surface area contributed by atoms with Crippen molar-refractivity contribution >= 4 is 61.2 Å². The highest BCUT2D eigenvalue weighted by Crippen LogP contribution is 2.41. The number of rotatable bonds is 5. The molecule has 204 valence electrons. The Bertz CT molecular complexity index is 2200. The second-order valence-electron chi connectivity index (χ2n) is 10.8. The molecule has 0 aliphatic carbocycles. The number of halogens is 1. The average molecular weight is 571 g/mol. The van der Waals surface area contributed by atoms with Gasteiger partial charge < -0.3 is 9.47 Å². The van der Waals surface area contributed by atoms with Crippen molar-refractivity contribution < 1.29 is 0 Å². The van der Waals surface area contributed by atoms with Crippen LogP contribution in [0.25, 0.3) is 49.4 Å². The Balaban J connectivity index is 1.36. The Kier molecular flexibility index (Phi) is 6.21. The molecule has 0 radical (unpaired) electrons. The lowest BCUT2D eigenvalue weighted by Crippen LogP contribution is -2.09. The zero-order chi connectivity index (χ0) is 28.8. The summed E-state index contributed by atoms with van der Waals surface area (Å²) < 4.78 is 2.38. The van der Waals surface area contributed by atoms with Crippen LogP contribution in [0.5, 0.6) is 0 Å². The maximum Gasteiger partial charge on any atom is 0.0547 e. The summed E-state index contributed by atoms with van der Waals surface area (Å²) in [4.78, 5) is 2.25. The Labute approximate surface area is 255 Å². The first-order valence-electron chi connectivity index (χ1n) is 14.5. The van der Waals surface area contributed by atoms with Crippen LogP contribution in [0.4, 0.5) is 17.1 Å². The van der Waals surface area contributed by atoms with E-state index in [1.54, 1.807) is 0 Å². The van der Waals surface area contributed by atoms with E-state index in [4.69, 9.17) is 11.6 Å². The van der Waals surface area contributed by atoms with Crippen LogP contribution in [0, 0.1) is 0 Å². The van der Waals surface area contributed by atoms with Crippen molar-refractivity contribution in [1.29, 1.82) is 0 Å². The van der Waals surface area contributed by atoms with Gasteiger partial charge in [-0.2, -0.15) is 0 Å². The van der Waals surface area contributed by atoms with E-state index in [1.807, 2.05) is 18.2 Å². The maximum absolute atomic E-state index is 6.86. The van der Waals surface area contributed by atoms with Gasteiger partial charge in [0.1, 0.15) is 0 Å². The van der Waals surface area contributed by atoms with Gasteiger partial charge in [0.25, 0.3) is 0 Å². The SMILES string of the molecule is Clc1cc(-c2ccc3c4c5ccccc5ccc4n(-c4ccccc4)c3c2)cc(N(c2ccccc2)c2ccccc2)c1. The first-order valence-corrected chi connectivity index (χ1v) is 14.8. The summed E-state index contributed by atoms with van der Waals surface area (Å²) in [6.45, 7) is 0. The van der Waals surface area contributed by atoms with E-state index in [2.05, 4.69) is 155 Å². The minimum absolute atomic E-state index is 0.694. The number of benzene rings is 7. The van der Waals surface area contributed by atoms with Crippen LogP contribution in [-0.4, -0.2) is 4.57 Å². The van der Waals surface area contributed by atoms with Gasteiger partial charge >= 0.3 is 0 Å². The van der Waals surface area contributed by atoms with E-state index < -0.39 is 0 Å². The van der Waals surface area contributed by atoms with Crippen molar-refractivity contribution in [2.24, 2.45) is 0 Å². The van der Waals surface area contributed by atoms with Crippen molar-refractivity contribution in [3.63, 3.8) is 0 Å². The predicted octanol–water partition coefficient (Wildman–Crippen LogP) is 11.7. The molecular formula is C40H27ClN2. The Morgan fingerprint density at radius 1 is 0.442 bits per heavy atom. The number of para-hydroxylation sites is 3. The Morgan fingerprint density at radius 2 is 1.09 bits per heavy atom. The van der Waals surface area contributed by atoms with Gasteiger partial charge in [-0.25, -0.2) is 0 Å². The molecular weight excluding hydrogens is 544 g/mol. The minimum Gasteiger partial charge on any atom is -0.310 e. The van der Waals surface area contributed by atoms with E-state index in [0.29, 0.717) is 5.02 Å². The molecule has 0 bridgehead atoms. The molecule has 0 atom stereocenters. The molecule has 0 saturated carbocycles. The highest BCUT2D eigenvalue weighted by Gasteiger charge is 2.18. The van der Waals surface area contributed by atoms with E-state index in [0.717, 1.165) is 33.9 Å². The third kappa shape index (κ3) is 4.44. The molecule has 8 rings (SSSR count). The molecule has 3 heteroatoms. The highest BCUT2D eigenvalue weighted by atomic mass is 35.5. The predicted molar refractivity (Wildman–Crippen MR) is 183 cm³/mol. The van der Waals surface area contributed by atoms with Crippen LogP contribution >= 0.6 is 11.6 Å². The van der Waals surface area contributed by atoms with Crippen LogP contribution in [0.15, 0.2) is 164 Å². The molecule has 0 amide bonds. The summed E-state index contributed by atoms with van der Waals surface area (Å²) in [6.07, 6.45) is 0. The number of aromatic nitrogens is 1. The first-order chi connectivity index (χ1) is 21.2. The van der Waals surface area contributed by atoms with Crippen LogP contribution in [0.2, 0.25) is 5.02 Å². The molecule has 0 aliphatic rings. The maximum atomic E-state index is 6.86. The molecule has 8 aromatic rings. The van der Waals surface area contributed by atoms with Gasteiger partial charge in [0.05, 0.1) is 11.0 Å². The van der Waals surface area contributed by atoms with Gasteiger partial charge in [0.2, 0.25) is 0 Å². The number of hydrogen-bond acceptors (Lipinski definition) is 1. The van der Waals surface area contributed by atoms with Crippen LogP contribution in [-0.2, 0) is 0 Å². The summed E-state index contributed by atoms with van der Waals surface area (Å²) in [6, 6.07) is 57.7. The first kappa shape index (κ1) is 25.4. The molecule has 0 aliphatic heterocycles. The fraction of sp³-hybridized carbons (Fsp3) is 0. The van der Waals surface area contributed by atoms with E-state index in [-0.39, 0.29) is 0 Å². The van der Waals surface area contributed by atoms with Gasteiger partial charge in [0.15, 0.2) is 0 Å². The van der Waals surface area contributed by atoms with Crippen molar-refractivity contribution in [3.8, 4) is 16.8 Å². The molecule has 0 saturated heterocycles. The third-order valence-electron chi connectivity index (χ3n) is 8.17. The molecule has 0 fully saturated rings. The summed E-state index contributed by atoms with van der Waals surface area (Å²) in [5.41, 5.74) is 8.85. The fourth-order valence-corrected chi connectivity index (χ4v) is 6.52. The average Bonchev–Trinajstić information content (AvgIpc) is 3.40. The largest absolute Gasteiger partial charge is 0.310 e. The van der Waals surface area contributed by atoms with Gasteiger partial charge in [-0.05, 0) is 88.6 Å². The standard InChI is InChI=1S/C40H27ClN2/c41-31-24-30(25-35(27-31)42(32-13-4-1-5-14-32)33-15-6-2-7-16-33)29-20-22-37-39(26-29)43(34-17-8-3-9-18-34)38-23-21-28-12-10-11-19-36(28)40(37)38/h1-27H. The number of fused-ring (bicyclic) bond motifs is 5. The number of hydrogen-bond donors (Lipinski definition) is 0. The monoisotopic (exact) mass is 570 g/mol. The van der Waals surface area contributed by atoms with Gasteiger partial charge in [-0.15, -0.1) is 0 Å². The summed E-state index contributed by atoms with van der Waals surface area (Å²) >= 11 is 6.86. The van der Waals surface area contributed by atoms with Crippen LogP contribution < -0.4 is 4.90 Å². The lowest BCUT2D eigenvalue weighted by Gasteiger charge is -2.26. The molecule has 7 aromatic carbocycles. The second kappa shape index (κ2) is 10.5. The summed E-state index contributed by atoms with van der Waals surface area (Å²) in [7, 11) is 0. The zero-order valence-electron chi connectivity index (χ0n) is 23.4. The number of anilines is 3. The molecule has 2 nitrogen and oxygen atoms in total. The zero-order valence-corrected chi connectivity index (χ0v) is 24.1. The minimum atomic E-state index is 0.694. The van der Waals surface area contributed by atoms with Crippen molar-refractivity contribution in [1.82, 2.24) is 4.57 Å². The fourth-order valence-electron chi connectivity index (χ4n) is 6.29. The van der Waals surface area contributed by atoms with E-state index in [9.17, 15) is 0 Å². The topological polar surface area (TPSA) is 8.17 Å².